The lowest BCUT2D eigenvalue weighted by molar-refractivity contribution is -0.139. The smallest absolute Gasteiger partial charge is 0.251 e. The number of imide groups is 1. The maximum absolute atomic E-state index is 11.8. The number of hydrogen-bond acceptors (Lipinski definition) is 4. The van der Waals surface area contributed by atoms with Gasteiger partial charge in [-0.2, -0.15) is 0 Å². The zero-order chi connectivity index (χ0) is 15.9. The van der Waals surface area contributed by atoms with Crippen LogP contribution in [0.5, 0.6) is 0 Å². The van der Waals surface area contributed by atoms with Crippen LogP contribution >= 0.6 is 15.9 Å². The van der Waals surface area contributed by atoms with Crippen molar-refractivity contribution < 1.29 is 19.1 Å². The fraction of sp³-hybridized carbons (Fsp3) is 0.400. The standard InChI is InChI=1S/C15H17BrN2O4/c16-12-3-1-2-11(10-12)15(21)17-6-8-22-9-7-18-13(19)4-5-14(18)20/h1-3,10H,4-9H2,(H,17,21). The van der Waals surface area contributed by atoms with Gasteiger partial charge in [-0.25, -0.2) is 0 Å². The maximum Gasteiger partial charge on any atom is 0.251 e. The van der Waals surface area contributed by atoms with Crippen molar-refractivity contribution in [2.24, 2.45) is 0 Å². The van der Waals surface area contributed by atoms with Crippen LogP contribution in [0, 0.1) is 0 Å². The molecule has 1 fully saturated rings. The third-order valence-corrected chi connectivity index (χ3v) is 3.73. The van der Waals surface area contributed by atoms with Crippen LogP contribution in [0.1, 0.15) is 23.2 Å². The van der Waals surface area contributed by atoms with Crippen LogP contribution in [0.25, 0.3) is 0 Å². The van der Waals surface area contributed by atoms with Gasteiger partial charge in [-0.15, -0.1) is 0 Å². The van der Waals surface area contributed by atoms with E-state index in [9.17, 15) is 14.4 Å². The topological polar surface area (TPSA) is 75.7 Å². The molecule has 0 saturated carbocycles. The van der Waals surface area contributed by atoms with Crippen LogP contribution in [0.4, 0.5) is 0 Å². The van der Waals surface area contributed by atoms with Crippen molar-refractivity contribution >= 4 is 33.7 Å². The number of nitrogens with zero attached hydrogens (tertiary/aromatic N) is 1. The molecule has 0 atom stereocenters. The van der Waals surface area contributed by atoms with Crippen molar-refractivity contribution in [1.29, 1.82) is 0 Å². The molecule has 0 aliphatic carbocycles. The third-order valence-electron chi connectivity index (χ3n) is 3.23. The second kappa shape index (κ2) is 8.05. The minimum absolute atomic E-state index is 0.142. The molecule has 118 valence electrons. The highest BCUT2D eigenvalue weighted by molar-refractivity contribution is 9.10. The second-order valence-corrected chi connectivity index (χ2v) is 5.73. The number of hydrogen-bond donors (Lipinski definition) is 1. The average molecular weight is 369 g/mol. The minimum atomic E-state index is -0.171. The number of likely N-dealkylation sites (tertiary alicyclic amines) is 1. The first-order valence-corrected chi connectivity index (χ1v) is 7.82. The van der Waals surface area contributed by atoms with Gasteiger partial charge < -0.3 is 10.1 Å². The van der Waals surface area contributed by atoms with E-state index in [1.54, 1.807) is 18.2 Å². The van der Waals surface area contributed by atoms with Gasteiger partial charge in [-0.05, 0) is 18.2 Å². The molecule has 0 spiro atoms. The van der Waals surface area contributed by atoms with E-state index in [-0.39, 0.29) is 30.9 Å². The number of halogens is 1. The highest BCUT2D eigenvalue weighted by Gasteiger charge is 2.28. The lowest BCUT2D eigenvalue weighted by Crippen LogP contribution is -2.33. The monoisotopic (exact) mass is 368 g/mol. The van der Waals surface area contributed by atoms with E-state index >= 15 is 0 Å². The van der Waals surface area contributed by atoms with Gasteiger partial charge in [-0.1, -0.05) is 22.0 Å². The van der Waals surface area contributed by atoms with Crippen molar-refractivity contribution in [3.05, 3.63) is 34.3 Å². The van der Waals surface area contributed by atoms with Gasteiger partial charge in [0.1, 0.15) is 0 Å². The van der Waals surface area contributed by atoms with Gasteiger partial charge in [0.15, 0.2) is 0 Å². The first-order chi connectivity index (χ1) is 10.6. The molecule has 2 rings (SSSR count). The Morgan fingerprint density at radius 3 is 2.64 bits per heavy atom. The summed E-state index contributed by atoms with van der Waals surface area (Å²) in [6.07, 6.45) is 0.586. The lowest BCUT2D eigenvalue weighted by atomic mass is 10.2. The Balaban J connectivity index is 1.60. The number of nitrogens with one attached hydrogen (secondary N) is 1. The summed E-state index contributed by atoms with van der Waals surface area (Å²) >= 11 is 3.31. The van der Waals surface area contributed by atoms with E-state index in [2.05, 4.69) is 21.2 Å². The highest BCUT2D eigenvalue weighted by atomic mass is 79.9. The van der Waals surface area contributed by atoms with Crippen LogP contribution in [-0.2, 0) is 14.3 Å². The third kappa shape index (κ3) is 4.64. The molecule has 0 aromatic heterocycles. The number of rotatable bonds is 7. The van der Waals surface area contributed by atoms with Crippen molar-refractivity contribution in [2.75, 3.05) is 26.3 Å². The first kappa shape index (κ1) is 16.6. The summed E-state index contributed by atoms with van der Waals surface area (Å²) in [7, 11) is 0. The Morgan fingerprint density at radius 1 is 1.23 bits per heavy atom. The predicted octanol–water partition coefficient (Wildman–Crippen LogP) is 1.34. The Labute approximate surface area is 136 Å². The van der Waals surface area contributed by atoms with Crippen LogP contribution < -0.4 is 5.32 Å². The normalized spacial score (nSPS) is 14.5. The van der Waals surface area contributed by atoms with Crippen molar-refractivity contribution in [3.8, 4) is 0 Å². The fourth-order valence-electron chi connectivity index (χ4n) is 2.10. The Bertz CT molecular complexity index is 560. The number of ether oxygens (including phenoxy) is 1. The van der Waals surface area contributed by atoms with Gasteiger partial charge in [0.25, 0.3) is 5.91 Å². The number of carbonyl (C=O) groups excluding carboxylic acids is 3. The van der Waals surface area contributed by atoms with Crippen LogP contribution in [0.2, 0.25) is 0 Å². The molecule has 1 aliphatic heterocycles. The summed E-state index contributed by atoms with van der Waals surface area (Å²) in [6, 6.07) is 7.10. The van der Waals surface area contributed by atoms with Crippen LogP contribution in [0.15, 0.2) is 28.7 Å². The van der Waals surface area contributed by atoms with Gasteiger partial charge in [0.05, 0.1) is 19.8 Å². The maximum atomic E-state index is 11.8. The van der Waals surface area contributed by atoms with E-state index in [0.29, 0.717) is 31.6 Å². The quantitative estimate of drug-likeness (QED) is 0.582. The molecular formula is C15H17BrN2O4. The molecule has 7 heteroatoms. The molecular weight excluding hydrogens is 352 g/mol. The largest absolute Gasteiger partial charge is 0.378 e. The molecule has 0 radical (unpaired) electrons. The van der Waals surface area contributed by atoms with E-state index in [1.165, 1.54) is 4.90 Å². The number of amides is 3. The zero-order valence-corrected chi connectivity index (χ0v) is 13.6. The molecule has 1 aromatic carbocycles. The van der Waals surface area contributed by atoms with E-state index in [1.807, 2.05) is 6.07 Å². The molecule has 1 heterocycles. The molecule has 6 nitrogen and oxygen atoms in total. The van der Waals surface area contributed by atoms with Gasteiger partial charge in [0.2, 0.25) is 11.8 Å². The summed E-state index contributed by atoms with van der Waals surface area (Å²) < 4.78 is 6.18. The van der Waals surface area contributed by atoms with Gasteiger partial charge in [-0.3, -0.25) is 19.3 Å². The molecule has 1 aliphatic rings. The SMILES string of the molecule is O=C(NCCOCCN1C(=O)CCC1=O)c1cccc(Br)c1. The number of benzene rings is 1. The van der Waals surface area contributed by atoms with Crippen molar-refractivity contribution in [3.63, 3.8) is 0 Å². The Kier molecular flexibility index (Phi) is 6.09. The van der Waals surface area contributed by atoms with Crippen LogP contribution in [-0.4, -0.2) is 48.9 Å². The van der Waals surface area contributed by atoms with Gasteiger partial charge in [0, 0.05) is 29.4 Å². The first-order valence-electron chi connectivity index (χ1n) is 7.02. The summed E-state index contributed by atoms with van der Waals surface area (Å²) in [5.74, 6) is -0.456. The molecule has 1 aromatic rings. The van der Waals surface area contributed by atoms with E-state index in [4.69, 9.17) is 4.74 Å². The average Bonchev–Trinajstić information content (AvgIpc) is 2.82. The summed E-state index contributed by atoms with van der Waals surface area (Å²) in [6.45, 7) is 1.25. The second-order valence-electron chi connectivity index (χ2n) is 4.82. The molecule has 0 bridgehead atoms. The Morgan fingerprint density at radius 2 is 1.95 bits per heavy atom. The molecule has 1 N–H and O–H groups in total. The summed E-state index contributed by atoms with van der Waals surface area (Å²) in [5.41, 5.74) is 0.572. The van der Waals surface area contributed by atoms with Crippen molar-refractivity contribution in [1.82, 2.24) is 10.2 Å². The predicted molar refractivity (Wildman–Crippen MR) is 83.2 cm³/mol. The van der Waals surface area contributed by atoms with Crippen molar-refractivity contribution in [2.45, 2.75) is 12.8 Å². The number of carbonyl (C=O) groups is 3. The molecule has 1 saturated heterocycles. The van der Waals surface area contributed by atoms with E-state index in [0.717, 1.165) is 4.47 Å². The Hall–Kier alpha value is -1.73. The summed E-state index contributed by atoms with van der Waals surface area (Å²) in [5, 5.41) is 2.74. The summed E-state index contributed by atoms with van der Waals surface area (Å²) in [4.78, 5) is 35.8. The minimum Gasteiger partial charge on any atom is -0.378 e. The van der Waals surface area contributed by atoms with Crippen LogP contribution in [0.3, 0.4) is 0 Å². The lowest BCUT2D eigenvalue weighted by Gasteiger charge is -2.13. The zero-order valence-electron chi connectivity index (χ0n) is 12.0. The van der Waals surface area contributed by atoms with Gasteiger partial charge >= 0.3 is 0 Å². The fourth-order valence-corrected chi connectivity index (χ4v) is 2.50. The highest BCUT2D eigenvalue weighted by Crippen LogP contribution is 2.11. The van der Waals surface area contributed by atoms with E-state index < -0.39 is 0 Å². The molecule has 3 amide bonds. The molecule has 0 unspecified atom stereocenters. The molecule has 22 heavy (non-hydrogen) atoms.